The zero-order valence-electron chi connectivity index (χ0n) is 11.2. The molecular formula is C14H22N2OS. The zero-order valence-corrected chi connectivity index (χ0v) is 12.0. The molecular weight excluding hydrogens is 244 g/mol. The summed E-state index contributed by atoms with van der Waals surface area (Å²) in [6, 6.07) is 2.64. The third-order valence-corrected chi connectivity index (χ3v) is 5.05. The number of thiophene rings is 1. The molecule has 0 bridgehead atoms. The lowest BCUT2D eigenvalue weighted by atomic mass is 9.92. The van der Waals surface area contributed by atoms with E-state index in [1.54, 1.807) is 11.3 Å². The molecule has 0 unspecified atom stereocenters. The van der Waals surface area contributed by atoms with Crippen LogP contribution >= 0.6 is 11.3 Å². The first-order valence-corrected chi connectivity index (χ1v) is 7.57. The van der Waals surface area contributed by atoms with Gasteiger partial charge in [-0.1, -0.05) is 6.92 Å². The van der Waals surface area contributed by atoms with Crippen LogP contribution in [0.2, 0.25) is 0 Å². The van der Waals surface area contributed by atoms with Crippen LogP contribution in [-0.4, -0.2) is 18.0 Å². The van der Waals surface area contributed by atoms with E-state index in [1.165, 1.54) is 10.4 Å². The molecule has 1 fully saturated rings. The van der Waals surface area contributed by atoms with Gasteiger partial charge in [-0.05, 0) is 50.7 Å². The number of rotatable bonds is 3. The molecule has 1 aromatic rings. The van der Waals surface area contributed by atoms with E-state index < -0.39 is 0 Å². The Bertz CT molecular complexity index is 419. The second-order valence-electron chi connectivity index (χ2n) is 5.16. The Labute approximate surface area is 113 Å². The second-order valence-corrected chi connectivity index (χ2v) is 6.29. The van der Waals surface area contributed by atoms with Gasteiger partial charge in [-0.3, -0.25) is 4.79 Å². The van der Waals surface area contributed by atoms with Crippen molar-refractivity contribution < 1.29 is 4.79 Å². The minimum absolute atomic E-state index is 0.0864. The number of carbonyl (C=O) groups excluding carboxylic acids is 1. The van der Waals surface area contributed by atoms with Crippen molar-refractivity contribution >= 4 is 17.2 Å². The average Bonchev–Trinajstić information content (AvgIpc) is 2.73. The molecule has 1 amide bonds. The fourth-order valence-electron chi connectivity index (χ4n) is 2.50. The number of amides is 1. The van der Waals surface area contributed by atoms with Crippen LogP contribution in [0.5, 0.6) is 0 Å². The van der Waals surface area contributed by atoms with Gasteiger partial charge in [0.2, 0.25) is 0 Å². The van der Waals surface area contributed by atoms with Crippen LogP contribution in [-0.2, 0) is 6.42 Å². The quantitative estimate of drug-likeness (QED) is 0.883. The highest BCUT2D eigenvalue weighted by Gasteiger charge is 2.21. The Morgan fingerprint density at radius 2 is 2.11 bits per heavy atom. The first-order valence-electron chi connectivity index (χ1n) is 6.76. The molecule has 0 radical (unpaired) electrons. The molecule has 0 aromatic carbocycles. The summed E-state index contributed by atoms with van der Waals surface area (Å²) < 4.78 is 0. The number of hydrogen-bond acceptors (Lipinski definition) is 3. The Hall–Kier alpha value is -0.870. The van der Waals surface area contributed by atoms with Gasteiger partial charge in [-0.2, -0.15) is 0 Å². The van der Waals surface area contributed by atoms with Crippen LogP contribution < -0.4 is 11.1 Å². The van der Waals surface area contributed by atoms with Gasteiger partial charge < -0.3 is 11.1 Å². The highest BCUT2D eigenvalue weighted by molar-refractivity contribution is 7.14. The minimum atomic E-state index is 0.0864. The monoisotopic (exact) mass is 266 g/mol. The average molecular weight is 266 g/mol. The largest absolute Gasteiger partial charge is 0.349 e. The second kappa shape index (κ2) is 5.85. The van der Waals surface area contributed by atoms with Crippen LogP contribution in [0.15, 0.2) is 6.07 Å². The number of nitrogens with two attached hydrogens (primary N) is 1. The van der Waals surface area contributed by atoms with E-state index in [4.69, 9.17) is 5.73 Å². The Kier molecular flexibility index (Phi) is 4.40. The van der Waals surface area contributed by atoms with Crippen molar-refractivity contribution in [1.82, 2.24) is 5.32 Å². The van der Waals surface area contributed by atoms with E-state index in [-0.39, 0.29) is 5.91 Å². The SMILES string of the molecule is CCc1sc(C(=O)NC2CCC(N)CC2)cc1C. The predicted octanol–water partition coefficient (Wildman–Crippen LogP) is 2.62. The number of carbonyl (C=O) groups is 1. The van der Waals surface area contributed by atoms with Crippen LogP contribution in [0.3, 0.4) is 0 Å². The fraction of sp³-hybridized carbons (Fsp3) is 0.643. The summed E-state index contributed by atoms with van der Waals surface area (Å²) in [5.41, 5.74) is 7.10. The molecule has 0 spiro atoms. The topological polar surface area (TPSA) is 55.1 Å². The van der Waals surface area contributed by atoms with E-state index in [0.717, 1.165) is 37.0 Å². The summed E-state index contributed by atoms with van der Waals surface area (Å²) in [5.74, 6) is 0.0864. The first-order chi connectivity index (χ1) is 8.60. The van der Waals surface area contributed by atoms with Gasteiger partial charge in [0.15, 0.2) is 0 Å². The Morgan fingerprint density at radius 1 is 1.44 bits per heavy atom. The molecule has 2 rings (SSSR count). The van der Waals surface area contributed by atoms with Gasteiger partial charge in [-0.25, -0.2) is 0 Å². The third-order valence-electron chi connectivity index (χ3n) is 3.67. The summed E-state index contributed by atoms with van der Waals surface area (Å²) in [4.78, 5) is 14.3. The molecule has 0 saturated heterocycles. The summed E-state index contributed by atoms with van der Waals surface area (Å²) >= 11 is 1.62. The molecule has 1 heterocycles. The standard InChI is InChI=1S/C14H22N2OS/c1-3-12-9(2)8-13(18-12)14(17)16-11-6-4-10(15)5-7-11/h8,10-11H,3-7,15H2,1-2H3,(H,16,17). The van der Waals surface area contributed by atoms with Gasteiger partial charge in [0, 0.05) is 17.0 Å². The maximum absolute atomic E-state index is 12.1. The molecule has 1 aliphatic carbocycles. The smallest absolute Gasteiger partial charge is 0.261 e. The molecule has 4 heteroatoms. The third kappa shape index (κ3) is 3.12. The van der Waals surface area contributed by atoms with Crippen molar-refractivity contribution in [2.45, 2.75) is 58.0 Å². The lowest BCUT2D eigenvalue weighted by molar-refractivity contribution is 0.0930. The van der Waals surface area contributed by atoms with Crippen molar-refractivity contribution in [3.8, 4) is 0 Å². The van der Waals surface area contributed by atoms with Crippen LogP contribution in [0.25, 0.3) is 0 Å². The highest BCUT2D eigenvalue weighted by atomic mass is 32.1. The van der Waals surface area contributed by atoms with Crippen molar-refractivity contribution in [2.75, 3.05) is 0 Å². The van der Waals surface area contributed by atoms with Gasteiger partial charge >= 0.3 is 0 Å². The minimum Gasteiger partial charge on any atom is -0.349 e. The van der Waals surface area contributed by atoms with Crippen molar-refractivity contribution in [1.29, 1.82) is 0 Å². The Morgan fingerprint density at radius 3 is 2.67 bits per heavy atom. The van der Waals surface area contributed by atoms with Gasteiger partial charge in [0.05, 0.1) is 4.88 Å². The summed E-state index contributed by atoms with van der Waals surface area (Å²) in [6.07, 6.45) is 5.07. The van der Waals surface area contributed by atoms with E-state index in [2.05, 4.69) is 19.2 Å². The maximum Gasteiger partial charge on any atom is 0.261 e. The first kappa shape index (κ1) is 13.6. The van der Waals surface area contributed by atoms with Crippen molar-refractivity contribution in [3.05, 3.63) is 21.4 Å². The van der Waals surface area contributed by atoms with E-state index >= 15 is 0 Å². The number of nitrogens with one attached hydrogen (secondary N) is 1. The van der Waals surface area contributed by atoms with Crippen LogP contribution in [0, 0.1) is 6.92 Å². The summed E-state index contributed by atoms with van der Waals surface area (Å²) in [5, 5.41) is 3.14. The van der Waals surface area contributed by atoms with E-state index in [9.17, 15) is 4.79 Å². The summed E-state index contributed by atoms with van der Waals surface area (Å²) in [7, 11) is 0. The highest BCUT2D eigenvalue weighted by Crippen LogP contribution is 2.23. The summed E-state index contributed by atoms with van der Waals surface area (Å²) in [6.45, 7) is 4.20. The van der Waals surface area contributed by atoms with Crippen LogP contribution in [0.4, 0.5) is 0 Å². The fourth-order valence-corrected chi connectivity index (χ4v) is 3.52. The molecule has 18 heavy (non-hydrogen) atoms. The molecule has 0 aliphatic heterocycles. The normalized spacial score (nSPS) is 23.9. The van der Waals surface area contributed by atoms with Crippen molar-refractivity contribution in [3.63, 3.8) is 0 Å². The van der Waals surface area contributed by atoms with Crippen molar-refractivity contribution in [2.24, 2.45) is 5.73 Å². The van der Waals surface area contributed by atoms with E-state index in [1.807, 2.05) is 6.07 Å². The number of hydrogen-bond donors (Lipinski definition) is 2. The molecule has 1 saturated carbocycles. The zero-order chi connectivity index (χ0) is 13.1. The number of aryl methyl sites for hydroxylation is 2. The molecule has 100 valence electrons. The maximum atomic E-state index is 12.1. The van der Waals surface area contributed by atoms with E-state index in [0.29, 0.717) is 12.1 Å². The lowest BCUT2D eigenvalue weighted by Crippen LogP contribution is -2.40. The molecule has 1 aliphatic rings. The molecule has 3 nitrogen and oxygen atoms in total. The lowest BCUT2D eigenvalue weighted by Gasteiger charge is -2.26. The molecule has 3 N–H and O–H groups in total. The van der Waals surface area contributed by atoms with Gasteiger partial charge in [0.1, 0.15) is 0 Å². The molecule has 1 aromatic heterocycles. The molecule has 0 atom stereocenters. The Balaban J connectivity index is 1.94. The van der Waals surface area contributed by atoms with Gasteiger partial charge in [-0.15, -0.1) is 11.3 Å². The van der Waals surface area contributed by atoms with Gasteiger partial charge in [0.25, 0.3) is 5.91 Å². The predicted molar refractivity (Wildman–Crippen MR) is 76.1 cm³/mol. The van der Waals surface area contributed by atoms with Crippen LogP contribution in [0.1, 0.15) is 52.7 Å².